The van der Waals surface area contributed by atoms with Crippen LogP contribution in [-0.2, 0) is 17.6 Å². The Balaban J connectivity index is 2.53. The minimum atomic E-state index is -0.795. The molecule has 0 radical (unpaired) electrons. The van der Waals surface area contributed by atoms with E-state index in [4.69, 9.17) is 5.11 Å². The maximum Gasteiger partial charge on any atom is 0.308 e. The second kappa shape index (κ2) is 5.60. The highest BCUT2D eigenvalue weighted by atomic mass is 32.1. The number of aliphatic carboxylic acids is 1. The van der Waals surface area contributed by atoms with E-state index in [1.807, 2.05) is 6.92 Å². The quantitative estimate of drug-likeness (QED) is 0.846. The number of carboxylic acid groups (broad SMARTS) is 1. The van der Waals surface area contributed by atoms with Crippen molar-refractivity contribution in [2.24, 2.45) is 0 Å². The number of hydrogen-bond donors (Lipinski definition) is 2. The van der Waals surface area contributed by atoms with Crippen molar-refractivity contribution in [2.45, 2.75) is 46.1 Å². The van der Waals surface area contributed by atoms with Gasteiger partial charge in [-0.15, -0.1) is 11.3 Å². The van der Waals surface area contributed by atoms with Crippen molar-refractivity contribution in [1.29, 1.82) is 0 Å². The second-order valence-electron chi connectivity index (χ2n) is 5.11. The van der Waals surface area contributed by atoms with E-state index in [1.54, 1.807) is 0 Å². The Morgan fingerprint density at radius 3 is 2.65 bits per heavy atom. The van der Waals surface area contributed by atoms with Gasteiger partial charge in [0.2, 0.25) is 0 Å². The van der Waals surface area contributed by atoms with Crippen LogP contribution in [0.1, 0.15) is 36.3 Å². The Labute approximate surface area is 106 Å². The summed E-state index contributed by atoms with van der Waals surface area (Å²) < 4.78 is 0. The molecule has 1 aromatic heterocycles. The summed E-state index contributed by atoms with van der Waals surface area (Å²) in [5.74, 6) is -0.795. The molecule has 1 rings (SSSR count). The van der Waals surface area contributed by atoms with E-state index < -0.39 is 5.97 Å². The van der Waals surface area contributed by atoms with Crippen molar-refractivity contribution in [3.63, 3.8) is 0 Å². The van der Waals surface area contributed by atoms with Gasteiger partial charge in [0.1, 0.15) is 0 Å². The molecule has 1 aromatic rings. The van der Waals surface area contributed by atoms with Crippen molar-refractivity contribution < 1.29 is 9.90 Å². The highest BCUT2D eigenvalue weighted by Crippen LogP contribution is 2.19. The number of carboxylic acids is 1. The van der Waals surface area contributed by atoms with Crippen molar-refractivity contribution in [3.05, 3.63) is 15.6 Å². The van der Waals surface area contributed by atoms with Crippen LogP contribution in [0.5, 0.6) is 0 Å². The fourth-order valence-corrected chi connectivity index (χ4v) is 2.50. The summed E-state index contributed by atoms with van der Waals surface area (Å²) in [4.78, 5) is 15.9. The van der Waals surface area contributed by atoms with Crippen LogP contribution in [0.3, 0.4) is 0 Å². The molecule has 0 atom stereocenters. The largest absolute Gasteiger partial charge is 0.481 e. The third-order valence-electron chi connectivity index (χ3n) is 2.24. The average molecular weight is 256 g/mol. The number of nitrogens with one attached hydrogen (secondary N) is 1. The molecule has 0 saturated carbocycles. The predicted molar refractivity (Wildman–Crippen MR) is 69.7 cm³/mol. The molecule has 2 N–H and O–H groups in total. The molecule has 96 valence electrons. The molecule has 0 amide bonds. The van der Waals surface area contributed by atoms with E-state index in [0.717, 1.165) is 28.5 Å². The van der Waals surface area contributed by atoms with Crippen LogP contribution in [0.2, 0.25) is 0 Å². The van der Waals surface area contributed by atoms with Gasteiger partial charge in [-0.3, -0.25) is 4.79 Å². The fraction of sp³-hybridized carbons (Fsp3) is 0.667. The molecule has 4 nitrogen and oxygen atoms in total. The van der Waals surface area contributed by atoms with E-state index in [0.29, 0.717) is 0 Å². The van der Waals surface area contributed by atoms with E-state index in [-0.39, 0.29) is 12.0 Å². The van der Waals surface area contributed by atoms with Crippen molar-refractivity contribution in [2.75, 3.05) is 6.54 Å². The molecule has 0 aliphatic rings. The maximum absolute atomic E-state index is 10.6. The number of rotatable bonds is 5. The number of carbonyl (C=O) groups is 1. The molecule has 0 aromatic carbocycles. The van der Waals surface area contributed by atoms with Crippen LogP contribution in [0.4, 0.5) is 0 Å². The molecule has 17 heavy (non-hydrogen) atoms. The van der Waals surface area contributed by atoms with Gasteiger partial charge in [-0.05, 0) is 27.7 Å². The minimum Gasteiger partial charge on any atom is -0.481 e. The minimum absolute atomic E-state index is 0.0796. The van der Waals surface area contributed by atoms with Gasteiger partial charge in [-0.1, -0.05) is 0 Å². The third-order valence-corrected chi connectivity index (χ3v) is 3.46. The third kappa shape index (κ3) is 5.28. The summed E-state index contributed by atoms with van der Waals surface area (Å²) in [6.07, 6.45) is 0.929. The zero-order valence-corrected chi connectivity index (χ0v) is 11.6. The molecule has 1 heterocycles. The van der Waals surface area contributed by atoms with Crippen LogP contribution >= 0.6 is 11.3 Å². The lowest BCUT2D eigenvalue weighted by atomic mass is 10.1. The topological polar surface area (TPSA) is 62.2 Å². The first kappa shape index (κ1) is 14.1. The first-order chi connectivity index (χ1) is 7.78. The number of hydrogen-bond acceptors (Lipinski definition) is 4. The molecule has 0 saturated heterocycles. The molecule has 0 aliphatic heterocycles. The molecule has 0 unspecified atom stereocenters. The lowest BCUT2D eigenvalue weighted by Crippen LogP contribution is -2.37. The normalized spacial score (nSPS) is 11.8. The molecular weight excluding hydrogens is 236 g/mol. The molecule has 0 spiro atoms. The SMILES string of the molecule is Cc1nc(CCNC(C)(C)C)sc1CC(=O)O. The zero-order chi connectivity index (χ0) is 13.1. The maximum atomic E-state index is 10.6. The van der Waals surface area contributed by atoms with E-state index in [2.05, 4.69) is 31.1 Å². The first-order valence-corrected chi connectivity index (χ1v) is 6.51. The van der Waals surface area contributed by atoms with Gasteiger partial charge < -0.3 is 10.4 Å². The first-order valence-electron chi connectivity index (χ1n) is 5.70. The molecule has 0 aliphatic carbocycles. The van der Waals surface area contributed by atoms with Crippen LogP contribution in [0.15, 0.2) is 0 Å². The Kier molecular flexibility index (Phi) is 4.65. The number of aryl methyl sites for hydroxylation is 1. The molecule has 0 fully saturated rings. The Hall–Kier alpha value is -0.940. The average Bonchev–Trinajstić information content (AvgIpc) is 2.43. The van der Waals surface area contributed by atoms with E-state index in [9.17, 15) is 4.79 Å². The van der Waals surface area contributed by atoms with Crippen molar-refractivity contribution >= 4 is 17.3 Å². The van der Waals surface area contributed by atoms with Gasteiger partial charge in [0.25, 0.3) is 0 Å². The number of thiazole rings is 1. The van der Waals surface area contributed by atoms with Gasteiger partial charge in [-0.2, -0.15) is 0 Å². The zero-order valence-electron chi connectivity index (χ0n) is 10.8. The summed E-state index contributed by atoms with van der Waals surface area (Å²) in [6, 6.07) is 0. The summed E-state index contributed by atoms with van der Waals surface area (Å²) in [5.41, 5.74) is 0.957. The van der Waals surface area contributed by atoms with Crippen LogP contribution in [0, 0.1) is 6.92 Å². The van der Waals surface area contributed by atoms with Crippen LogP contribution < -0.4 is 5.32 Å². The van der Waals surface area contributed by atoms with Gasteiger partial charge >= 0.3 is 5.97 Å². The second-order valence-corrected chi connectivity index (χ2v) is 6.28. The lowest BCUT2D eigenvalue weighted by Gasteiger charge is -2.19. The molecule has 0 bridgehead atoms. The standard InChI is InChI=1S/C12H20N2O2S/c1-8-9(7-11(15)16)17-10(14-8)5-6-13-12(2,3)4/h13H,5-7H2,1-4H3,(H,15,16). The van der Waals surface area contributed by atoms with Gasteiger partial charge in [0.05, 0.1) is 17.1 Å². The van der Waals surface area contributed by atoms with Crippen molar-refractivity contribution in [3.8, 4) is 0 Å². The molecular formula is C12H20N2O2S. The predicted octanol–water partition coefficient (Wildman–Crippen LogP) is 2.01. The molecule has 5 heteroatoms. The summed E-state index contributed by atoms with van der Waals surface area (Å²) in [5, 5.41) is 13.1. The lowest BCUT2D eigenvalue weighted by molar-refractivity contribution is -0.136. The number of aromatic nitrogens is 1. The van der Waals surface area contributed by atoms with Crippen LogP contribution in [0.25, 0.3) is 0 Å². The van der Waals surface area contributed by atoms with Crippen LogP contribution in [-0.4, -0.2) is 28.1 Å². The Morgan fingerprint density at radius 1 is 1.47 bits per heavy atom. The van der Waals surface area contributed by atoms with E-state index >= 15 is 0 Å². The fourth-order valence-electron chi connectivity index (χ4n) is 1.44. The van der Waals surface area contributed by atoms with Gasteiger partial charge in [0, 0.05) is 23.4 Å². The van der Waals surface area contributed by atoms with Gasteiger partial charge in [-0.25, -0.2) is 4.98 Å². The summed E-state index contributed by atoms with van der Waals surface area (Å²) >= 11 is 1.51. The van der Waals surface area contributed by atoms with E-state index in [1.165, 1.54) is 11.3 Å². The Morgan fingerprint density at radius 2 is 2.12 bits per heavy atom. The smallest absolute Gasteiger partial charge is 0.308 e. The summed E-state index contributed by atoms with van der Waals surface area (Å²) in [7, 11) is 0. The highest BCUT2D eigenvalue weighted by molar-refractivity contribution is 7.11. The Bertz CT molecular complexity index is 394. The highest BCUT2D eigenvalue weighted by Gasteiger charge is 2.12. The van der Waals surface area contributed by atoms with Gasteiger partial charge in [0.15, 0.2) is 0 Å². The summed E-state index contributed by atoms with van der Waals surface area (Å²) in [6.45, 7) is 9.10. The monoisotopic (exact) mass is 256 g/mol. The number of nitrogens with zero attached hydrogens (tertiary/aromatic N) is 1. The van der Waals surface area contributed by atoms with Crippen molar-refractivity contribution in [1.82, 2.24) is 10.3 Å².